The van der Waals surface area contributed by atoms with Crippen LogP contribution in [0.2, 0.25) is 0 Å². The largest absolute Gasteiger partial charge is 0.326 e. The van der Waals surface area contributed by atoms with Crippen LogP contribution >= 0.6 is 11.8 Å². The minimum Gasteiger partial charge on any atom is -0.326 e. The first kappa shape index (κ1) is 14.1. The van der Waals surface area contributed by atoms with Gasteiger partial charge in [0.15, 0.2) is 0 Å². The van der Waals surface area contributed by atoms with Crippen molar-refractivity contribution in [2.45, 2.75) is 30.2 Å². The third-order valence-corrected chi connectivity index (χ3v) is 4.92. The standard InChI is InChI=1S/C18H18N2S/c1-12-7-8-13(2)17(9-12)21-18-14(10-19)11-20-16-6-4-3-5-15(16)18/h3-9,11H,10,19H2,1-2H3. The van der Waals surface area contributed by atoms with Crippen LogP contribution in [0.3, 0.4) is 0 Å². The molecule has 2 aromatic carbocycles. The zero-order valence-corrected chi connectivity index (χ0v) is 13.1. The summed E-state index contributed by atoms with van der Waals surface area (Å²) in [4.78, 5) is 7.00. The van der Waals surface area contributed by atoms with Crippen molar-refractivity contribution in [3.63, 3.8) is 0 Å². The Hall–Kier alpha value is -1.84. The van der Waals surface area contributed by atoms with E-state index >= 15 is 0 Å². The zero-order valence-electron chi connectivity index (χ0n) is 12.3. The summed E-state index contributed by atoms with van der Waals surface area (Å²) in [5.41, 5.74) is 10.6. The highest BCUT2D eigenvalue weighted by molar-refractivity contribution is 7.99. The van der Waals surface area contributed by atoms with Gasteiger partial charge in [-0.3, -0.25) is 4.98 Å². The van der Waals surface area contributed by atoms with E-state index in [2.05, 4.69) is 49.2 Å². The fourth-order valence-corrected chi connectivity index (χ4v) is 3.59. The average molecular weight is 294 g/mol. The molecule has 0 aliphatic carbocycles. The molecule has 1 heterocycles. The van der Waals surface area contributed by atoms with E-state index in [4.69, 9.17) is 5.73 Å². The van der Waals surface area contributed by atoms with E-state index in [1.54, 1.807) is 11.8 Å². The molecule has 0 saturated carbocycles. The molecule has 0 unspecified atom stereocenters. The van der Waals surface area contributed by atoms with Gasteiger partial charge in [0.1, 0.15) is 0 Å². The summed E-state index contributed by atoms with van der Waals surface area (Å²) in [6.07, 6.45) is 1.90. The van der Waals surface area contributed by atoms with Gasteiger partial charge in [-0.1, -0.05) is 42.1 Å². The van der Waals surface area contributed by atoms with Crippen LogP contribution in [0.15, 0.2) is 58.5 Å². The maximum Gasteiger partial charge on any atom is 0.0713 e. The van der Waals surface area contributed by atoms with Crippen LogP contribution in [-0.2, 0) is 6.54 Å². The topological polar surface area (TPSA) is 38.9 Å². The highest BCUT2D eigenvalue weighted by atomic mass is 32.2. The number of aromatic nitrogens is 1. The van der Waals surface area contributed by atoms with E-state index in [9.17, 15) is 0 Å². The first-order valence-electron chi connectivity index (χ1n) is 7.01. The molecule has 3 aromatic rings. The second-order valence-corrected chi connectivity index (χ2v) is 6.26. The van der Waals surface area contributed by atoms with Crippen molar-refractivity contribution >= 4 is 22.7 Å². The molecule has 2 nitrogen and oxygen atoms in total. The van der Waals surface area contributed by atoms with E-state index in [1.807, 2.05) is 18.3 Å². The lowest BCUT2D eigenvalue weighted by Gasteiger charge is -2.13. The van der Waals surface area contributed by atoms with Crippen LogP contribution in [0.4, 0.5) is 0 Å². The second kappa shape index (κ2) is 5.88. The Kier molecular flexibility index (Phi) is 3.95. The number of nitrogens with zero attached hydrogens (tertiary/aromatic N) is 1. The van der Waals surface area contributed by atoms with Gasteiger partial charge in [-0.05, 0) is 42.7 Å². The third kappa shape index (κ3) is 2.80. The van der Waals surface area contributed by atoms with E-state index in [0.717, 1.165) is 11.1 Å². The molecule has 0 saturated heterocycles. The lowest BCUT2D eigenvalue weighted by Crippen LogP contribution is -2.00. The first-order chi connectivity index (χ1) is 10.2. The maximum atomic E-state index is 5.91. The van der Waals surface area contributed by atoms with Gasteiger partial charge in [0.25, 0.3) is 0 Å². The number of pyridine rings is 1. The van der Waals surface area contributed by atoms with Crippen LogP contribution in [0.25, 0.3) is 10.9 Å². The minimum atomic E-state index is 0.505. The molecule has 0 atom stereocenters. The molecule has 0 fully saturated rings. The molecule has 1 aromatic heterocycles. The Bertz CT molecular complexity index is 796. The first-order valence-corrected chi connectivity index (χ1v) is 7.82. The third-order valence-electron chi connectivity index (χ3n) is 3.58. The number of hydrogen-bond acceptors (Lipinski definition) is 3. The number of nitrogens with two attached hydrogens (primary N) is 1. The molecule has 0 aliphatic rings. The van der Waals surface area contributed by atoms with Crippen molar-refractivity contribution in [1.29, 1.82) is 0 Å². The van der Waals surface area contributed by atoms with E-state index in [-0.39, 0.29) is 0 Å². The summed E-state index contributed by atoms with van der Waals surface area (Å²) in [5.74, 6) is 0. The Balaban J connectivity index is 2.16. The Labute approximate surface area is 129 Å². The van der Waals surface area contributed by atoms with Crippen LogP contribution < -0.4 is 5.73 Å². The number of aryl methyl sites for hydroxylation is 2. The predicted octanol–water partition coefficient (Wildman–Crippen LogP) is 4.46. The number of para-hydroxylation sites is 1. The molecule has 0 aliphatic heterocycles. The van der Waals surface area contributed by atoms with Gasteiger partial charge in [-0.15, -0.1) is 0 Å². The van der Waals surface area contributed by atoms with Gasteiger partial charge in [0, 0.05) is 27.9 Å². The molecule has 0 bridgehead atoms. The van der Waals surface area contributed by atoms with Crippen molar-refractivity contribution in [1.82, 2.24) is 4.98 Å². The number of rotatable bonds is 3. The molecule has 3 heteroatoms. The normalized spacial score (nSPS) is 11.0. The van der Waals surface area contributed by atoms with Crippen LogP contribution in [0.5, 0.6) is 0 Å². The lowest BCUT2D eigenvalue weighted by molar-refractivity contribution is 1.02. The van der Waals surface area contributed by atoms with Crippen molar-refractivity contribution in [3.8, 4) is 0 Å². The molecule has 0 spiro atoms. The zero-order chi connectivity index (χ0) is 14.8. The number of hydrogen-bond donors (Lipinski definition) is 1. The van der Waals surface area contributed by atoms with Gasteiger partial charge < -0.3 is 5.73 Å². The minimum absolute atomic E-state index is 0.505. The van der Waals surface area contributed by atoms with Crippen LogP contribution in [0, 0.1) is 13.8 Å². The fourth-order valence-electron chi connectivity index (χ4n) is 2.35. The summed E-state index contributed by atoms with van der Waals surface area (Å²) >= 11 is 1.79. The van der Waals surface area contributed by atoms with Crippen LogP contribution in [0.1, 0.15) is 16.7 Å². The highest BCUT2D eigenvalue weighted by Crippen LogP contribution is 2.37. The summed E-state index contributed by atoms with van der Waals surface area (Å²) < 4.78 is 0. The highest BCUT2D eigenvalue weighted by Gasteiger charge is 2.11. The molecule has 3 rings (SSSR count). The molecular formula is C18H18N2S. The Morgan fingerprint density at radius 3 is 2.71 bits per heavy atom. The van der Waals surface area contributed by atoms with Crippen molar-refractivity contribution in [2.24, 2.45) is 5.73 Å². The quantitative estimate of drug-likeness (QED) is 0.775. The summed E-state index contributed by atoms with van der Waals surface area (Å²) in [7, 11) is 0. The molecule has 106 valence electrons. The number of fused-ring (bicyclic) bond motifs is 1. The second-order valence-electron chi connectivity index (χ2n) is 5.20. The van der Waals surface area contributed by atoms with E-state index < -0.39 is 0 Å². The van der Waals surface area contributed by atoms with Crippen molar-refractivity contribution in [2.75, 3.05) is 0 Å². The fraction of sp³-hybridized carbons (Fsp3) is 0.167. The smallest absolute Gasteiger partial charge is 0.0713 e. The summed E-state index contributed by atoms with van der Waals surface area (Å²) in [5, 5.41) is 1.17. The van der Waals surface area contributed by atoms with Crippen molar-refractivity contribution < 1.29 is 0 Å². The Morgan fingerprint density at radius 1 is 1.10 bits per heavy atom. The van der Waals surface area contributed by atoms with Crippen LogP contribution in [-0.4, -0.2) is 4.98 Å². The molecule has 21 heavy (non-hydrogen) atoms. The van der Waals surface area contributed by atoms with Gasteiger partial charge in [0.2, 0.25) is 0 Å². The lowest BCUT2D eigenvalue weighted by atomic mass is 10.1. The monoisotopic (exact) mass is 294 g/mol. The van der Waals surface area contributed by atoms with Gasteiger partial charge >= 0.3 is 0 Å². The maximum absolute atomic E-state index is 5.91. The molecule has 0 radical (unpaired) electrons. The SMILES string of the molecule is Cc1ccc(C)c(Sc2c(CN)cnc3ccccc23)c1. The predicted molar refractivity (Wildman–Crippen MR) is 89.7 cm³/mol. The summed E-state index contributed by atoms with van der Waals surface area (Å²) in [6.45, 7) is 4.77. The number of benzene rings is 2. The van der Waals surface area contributed by atoms with Gasteiger partial charge in [-0.25, -0.2) is 0 Å². The van der Waals surface area contributed by atoms with Crippen molar-refractivity contribution in [3.05, 3.63) is 65.4 Å². The van der Waals surface area contributed by atoms with E-state index in [1.165, 1.54) is 26.3 Å². The molecular weight excluding hydrogens is 276 g/mol. The average Bonchev–Trinajstić information content (AvgIpc) is 2.51. The Morgan fingerprint density at radius 2 is 1.90 bits per heavy atom. The van der Waals surface area contributed by atoms with Gasteiger partial charge in [-0.2, -0.15) is 0 Å². The van der Waals surface area contributed by atoms with E-state index in [0.29, 0.717) is 6.54 Å². The van der Waals surface area contributed by atoms with Gasteiger partial charge in [0.05, 0.1) is 5.52 Å². The molecule has 0 amide bonds. The summed E-state index contributed by atoms with van der Waals surface area (Å²) in [6, 6.07) is 14.8. The molecule has 2 N–H and O–H groups in total.